The van der Waals surface area contributed by atoms with Crippen LogP contribution in [0.3, 0.4) is 0 Å². The summed E-state index contributed by atoms with van der Waals surface area (Å²) in [6, 6.07) is 5.43. The Morgan fingerprint density at radius 1 is 1.29 bits per heavy atom. The van der Waals surface area contributed by atoms with Gasteiger partial charge >= 0.3 is 5.97 Å². The van der Waals surface area contributed by atoms with Crippen LogP contribution in [0.2, 0.25) is 5.02 Å². The Morgan fingerprint density at radius 2 is 2.04 bits per heavy atom. The Bertz CT molecular complexity index is 627. The summed E-state index contributed by atoms with van der Waals surface area (Å²) in [5, 5.41) is 3.57. The predicted molar refractivity (Wildman–Crippen MR) is 90.1 cm³/mol. The molecule has 1 aliphatic heterocycles. The summed E-state index contributed by atoms with van der Waals surface area (Å²) >= 11 is 5.94. The normalized spacial score (nSPS) is 21.5. The number of hydrogen-bond donors (Lipinski definition) is 1. The number of nitrogens with one attached hydrogen (secondary N) is 1. The Labute approximate surface area is 146 Å². The van der Waals surface area contributed by atoms with E-state index in [4.69, 9.17) is 21.1 Å². The van der Waals surface area contributed by atoms with Crippen LogP contribution >= 0.6 is 11.6 Å². The van der Waals surface area contributed by atoms with Gasteiger partial charge in [0.2, 0.25) is 0 Å². The number of hydrogen-bond acceptors (Lipinski definition) is 4. The molecular formula is C18H22ClNO4. The smallest absolute Gasteiger partial charge is 0.348 e. The number of carbonyl (C=O) groups excluding carboxylic acids is 2. The number of rotatable bonds is 4. The molecule has 1 aromatic carbocycles. The summed E-state index contributed by atoms with van der Waals surface area (Å²) in [5.41, 5.74) is 0.878. The van der Waals surface area contributed by atoms with E-state index in [9.17, 15) is 9.59 Å². The fourth-order valence-corrected chi connectivity index (χ4v) is 3.41. The van der Waals surface area contributed by atoms with Gasteiger partial charge in [0, 0.05) is 17.5 Å². The molecule has 0 spiro atoms. The van der Waals surface area contributed by atoms with E-state index in [0.717, 1.165) is 31.2 Å². The van der Waals surface area contributed by atoms with E-state index in [1.54, 1.807) is 25.1 Å². The van der Waals surface area contributed by atoms with Crippen LogP contribution < -0.4 is 10.1 Å². The van der Waals surface area contributed by atoms with Crippen molar-refractivity contribution in [2.24, 2.45) is 0 Å². The van der Waals surface area contributed by atoms with Crippen LogP contribution in [0.4, 0.5) is 0 Å². The Kier molecular flexibility index (Phi) is 5.29. The molecule has 130 valence electrons. The molecule has 1 amide bonds. The second kappa shape index (κ2) is 7.43. The van der Waals surface area contributed by atoms with E-state index in [0.29, 0.717) is 17.2 Å². The van der Waals surface area contributed by atoms with Crippen molar-refractivity contribution in [3.8, 4) is 5.75 Å². The molecule has 1 N–H and O–H groups in total. The lowest BCUT2D eigenvalue weighted by molar-refractivity contribution is -0.161. The molecule has 6 heteroatoms. The van der Waals surface area contributed by atoms with Crippen LogP contribution in [0.5, 0.6) is 5.75 Å². The van der Waals surface area contributed by atoms with Crippen molar-refractivity contribution < 1.29 is 19.1 Å². The third-order valence-electron chi connectivity index (χ3n) is 4.57. The summed E-state index contributed by atoms with van der Waals surface area (Å²) in [4.78, 5) is 24.4. The number of ether oxygens (including phenoxy) is 2. The molecule has 0 radical (unpaired) electrons. The minimum Gasteiger partial charge on any atom is -0.478 e. The highest BCUT2D eigenvalue weighted by Crippen LogP contribution is 2.31. The van der Waals surface area contributed by atoms with E-state index in [1.165, 1.54) is 6.42 Å². The predicted octanol–water partition coefficient (Wildman–Crippen LogP) is 3.02. The Hall–Kier alpha value is -1.75. The number of halogens is 1. The molecule has 2 atom stereocenters. The molecule has 5 nitrogen and oxygen atoms in total. The van der Waals surface area contributed by atoms with Gasteiger partial charge in [0.25, 0.3) is 5.91 Å². The van der Waals surface area contributed by atoms with Crippen molar-refractivity contribution in [1.82, 2.24) is 5.32 Å². The standard InChI is InChI=1S/C18H22ClNO4/c1-11(17(21)20-14-5-3-2-4-6-14)23-18(22)16-10-12-9-13(19)7-8-15(12)24-16/h7-9,11,14,16H,2-6,10H2,1H3,(H,20,21)/t11-,16+/m1/s1. The summed E-state index contributed by atoms with van der Waals surface area (Å²) < 4.78 is 10.9. The van der Waals surface area contributed by atoms with E-state index >= 15 is 0 Å². The molecule has 1 fully saturated rings. The third-order valence-corrected chi connectivity index (χ3v) is 4.81. The van der Waals surface area contributed by atoms with Crippen molar-refractivity contribution >= 4 is 23.5 Å². The van der Waals surface area contributed by atoms with Crippen LogP contribution in [-0.4, -0.2) is 30.1 Å². The molecule has 24 heavy (non-hydrogen) atoms. The maximum atomic E-state index is 12.2. The van der Waals surface area contributed by atoms with Crippen molar-refractivity contribution in [1.29, 1.82) is 0 Å². The zero-order valence-electron chi connectivity index (χ0n) is 13.7. The van der Waals surface area contributed by atoms with E-state index in [1.807, 2.05) is 0 Å². The van der Waals surface area contributed by atoms with E-state index in [-0.39, 0.29) is 11.9 Å². The lowest BCUT2D eigenvalue weighted by Crippen LogP contribution is -2.44. The highest BCUT2D eigenvalue weighted by molar-refractivity contribution is 6.30. The number of carbonyl (C=O) groups is 2. The Balaban J connectivity index is 1.50. The van der Waals surface area contributed by atoms with Crippen molar-refractivity contribution in [2.75, 3.05) is 0 Å². The van der Waals surface area contributed by atoms with Gasteiger partial charge in [-0.2, -0.15) is 0 Å². The summed E-state index contributed by atoms with van der Waals surface area (Å²) in [6.07, 6.45) is 4.35. The minimum atomic E-state index is -0.824. The zero-order chi connectivity index (χ0) is 17.1. The van der Waals surface area contributed by atoms with Gasteiger partial charge in [-0.05, 0) is 43.5 Å². The highest BCUT2D eigenvalue weighted by Gasteiger charge is 2.33. The number of benzene rings is 1. The van der Waals surface area contributed by atoms with Gasteiger partial charge in [0.05, 0.1) is 0 Å². The minimum absolute atomic E-state index is 0.196. The largest absolute Gasteiger partial charge is 0.478 e. The van der Waals surface area contributed by atoms with Crippen LogP contribution in [0, 0.1) is 0 Å². The van der Waals surface area contributed by atoms with Gasteiger partial charge in [-0.1, -0.05) is 30.9 Å². The second-order valence-corrected chi connectivity index (χ2v) is 6.92. The molecule has 1 aromatic rings. The molecule has 1 saturated carbocycles. The van der Waals surface area contributed by atoms with Crippen molar-refractivity contribution in [3.05, 3.63) is 28.8 Å². The van der Waals surface area contributed by atoms with Gasteiger partial charge in [-0.3, -0.25) is 4.79 Å². The van der Waals surface area contributed by atoms with Crippen LogP contribution in [0.1, 0.15) is 44.6 Å². The average molecular weight is 352 g/mol. The lowest BCUT2D eigenvalue weighted by atomic mass is 9.95. The highest BCUT2D eigenvalue weighted by atomic mass is 35.5. The van der Waals surface area contributed by atoms with Gasteiger partial charge < -0.3 is 14.8 Å². The average Bonchev–Trinajstić information content (AvgIpc) is 2.99. The molecule has 0 aromatic heterocycles. The van der Waals surface area contributed by atoms with Crippen LogP contribution in [0.25, 0.3) is 0 Å². The topological polar surface area (TPSA) is 64.6 Å². The quantitative estimate of drug-likeness (QED) is 0.847. The van der Waals surface area contributed by atoms with Gasteiger partial charge in [0.1, 0.15) is 5.75 Å². The molecular weight excluding hydrogens is 330 g/mol. The first kappa shape index (κ1) is 17.1. The molecule has 0 unspecified atom stereocenters. The third kappa shape index (κ3) is 4.01. The van der Waals surface area contributed by atoms with E-state index in [2.05, 4.69) is 5.32 Å². The molecule has 0 saturated heterocycles. The monoisotopic (exact) mass is 351 g/mol. The first-order valence-electron chi connectivity index (χ1n) is 8.49. The number of fused-ring (bicyclic) bond motifs is 1. The molecule has 1 heterocycles. The van der Waals surface area contributed by atoms with Gasteiger partial charge in [-0.15, -0.1) is 0 Å². The summed E-state index contributed by atoms with van der Waals surface area (Å²) in [6.45, 7) is 1.59. The molecule has 0 bridgehead atoms. The van der Waals surface area contributed by atoms with Crippen molar-refractivity contribution in [3.63, 3.8) is 0 Å². The lowest BCUT2D eigenvalue weighted by Gasteiger charge is -2.24. The van der Waals surface area contributed by atoms with Gasteiger partial charge in [-0.25, -0.2) is 4.79 Å². The summed E-state index contributed by atoms with van der Waals surface area (Å²) in [5.74, 6) is -0.122. The Morgan fingerprint density at radius 3 is 2.79 bits per heavy atom. The second-order valence-electron chi connectivity index (χ2n) is 6.49. The maximum Gasteiger partial charge on any atom is 0.348 e. The molecule has 2 aliphatic rings. The van der Waals surface area contributed by atoms with Crippen molar-refractivity contribution in [2.45, 2.75) is 63.7 Å². The zero-order valence-corrected chi connectivity index (χ0v) is 14.5. The fraction of sp³-hybridized carbons (Fsp3) is 0.556. The number of amides is 1. The molecule has 3 rings (SSSR count). The van der Waals surface area contributed by atoms with Crippen LogP contribution in [0.15, 0.2) is 18.2 Å². The first-order valence-corrected chi connectivity index (χ1v) is 8.86. The molecule has 1 aliphatic carbocycles. The maximum absolute atomic E-state index is 12.2. The van der Waals surface area contributed by atoms with Gasteiger partial charge in [0.15, 0.2) is 12.2 Å². The summed E-state index contributed by atoms with van der Waals surface area (Å²) in [7, 11) is 0. The fourth-order valence-electron chi connectivity index (χ4n) is 3.22. The SMILES string of the molecule is C[C@@H](OC(=O)[C@@H]1Cc2cc(Cl)ccc2O1)C(=O)NC1CCCCC1. The van der Waals surface area contributed by atoms with E-state index < -0.39 is 18.2 Å². The number of esters is 1. The first-order chi connectivity index (χ1) is 11.5. The van der Waals surface area contributed by atoms with Crippen LogP contribution in [-0.2, 0) is 20.7 Å².